The lowest BCUT2D eigenvalue weighted by molar-refractivity contribution is -0.104. The van der Waals surface area contributed by atoms with Gasteiger partial charge in [0, 0.05) is 10.2 Å². The maximum Gasteiger partial charge on any atom is 0.156 e. The van der Waals surface area contributed by atoms with Crippen LogP contribution in [0.15, 0.2) is 35.2 Å². The van der Waals surface area contributed by atoms with Gasteiger partial charge in [-0.05, 0) is 11.6 Å². The van der Waals surface area contributed by atoms with Crippen molar-refractivity contribution < 1.29 is 4.79 Å². The SMILES string of the molecule is CC(C)S/C(C=O)=C\c1ccccc1. The summed E-state index contributed by atoms with van der Waals surface area (Å²) in [5.41, 5.74) is 1.07. The van der Waals surface area contributed by atoms with Crippen LogP contribution in [0.25, 0.3) is 6.08 Å². The fourth-order valence-corrected chi connectivity index (χ4v) is 1.89. The molecule has 0 amide bonds. The molecule has 1 nitrogen and oxygen atoms in total. The molecule has 14 heavy (non-hydrogen) atoms. The second-order valence-electron chi connectivity index (χ2n) is 3.24. The highest BCUT2D eigenvalue weighted by atomic mass is 32.2. The second-order valence-corrected chi connectivity index (χ2v) is 4.89. The minimum Gasteiger partial charge on any atom is -0.297 e. The van der Waals surface area contributed by atoms with Crippen LogP contribution in [-0.2, 0) is 4.79 Å². The molecule has 0 atom stereocenters. The Balaban J connectivity index is 2.79. The van der Waals surface area contributed by atoms with E-state index in [-0.39, 0.29) is 0 Å². The number of rotatable bonds is 4. The lowest BCUT2D eigenvalue weighted by Gasteiger charge is -2.03. The molecule has 0 aliphatic carbocycles. The first-order valence-corrected chi connectivity index (χ1v) is 5.49. The lowest BCUT2D eigenvalue weighted by Crippen LogP contribution is -1.89. The van der Waals surface area contributed by atoms with Crippen molar-refractivity contribution in [1.82, 2.24) is 0 Å². The van der Waals surface area contributed by atoms with E-state index in [1.807, 2.05) is 36.4 Å². The monoisotopic (exact) mass is 206 g/mol. The molecule has 1 aromatic rings. The molecule has 0 saturated carbocycles. The summed E-state index contributed by atoms with van der Waals surface area (Å²) >= 11 is 1.59. The third kappa shape index (κ3) is 3.79. The molecule has 0 aromatic heterocycles. The predicted octanol–water partition coefficient (Wildman–Crippen LogP) is 3.37. The van der Waals surface area contributed by atoms with Crippen molar-refractivity contribution in [3.05, 3.63) is 40.8 Å². The molecule has 0 bridgehead atoms. The average molecular weight is 206 g/mol. The minimum absolute atomic E-state index is 0.440. The molecule has 0 aliphatic rings. The van der Waals surface area contributed by atoms with Crippen LogP contribution in [0, 0.1) is 0 Å². The van der Waals surface area contributed by atoms with Gasteiger partial charge in [-0.1, -0.05) is 44.2 Å². The Morgan fingerprint density at radius 3 is 2.43 bits per heavy atom. The van der Waals surface area contributed by atoms with Crippen molar-refractivity contribution in [3.8, 4) is 0 Å². The predicted molar refractivity (Wildman–Crippen MR) is 63.2 cm³/mol. The van der Waals surface area contributed by atoms with Crippen molar-refractivity contribution in [2.45, 2.75) is 19.1 Å². The van der Waals surface area contributed by atoms with E-state index in [0.717, 1.165) is 16.8 Å². The Labute approximate surface area is 89.2 Å². The highest BCUT2D eigenvalue weighted by molar-refractivity contribution is 8.04. The van der Waals surface area contributed by atoms with Gasteiger partial charge in [-0.3, -0.25) is 4.79 Å². The normalized spacial score (nSPS) is 11.8. The van der Waals surface area contributed by atoms with Gasteiger partial charge in [-0.25, -0.2) is 0 Å². The highest BCUT2D eigenvalue weighted by Crippen LogP contribution is 2.21. The van der Waals surface area contributed by atoms with Gasteiger partial charge in [-0.15, -0.1) is 11.8 Å². The maximum absolute atomic E-state index is 10.8. The molecular formula is C12H14OS. The summed E-state index contributed by atoms with van der Waals surface area (Å²) in [6, 6.07) is 9.88. The van der Waals surface area contributed by atoms with Gasteiger partial charge in [0.2, 0.25) is 0 Å². The smallest absolute Gasteiger partial charge is 0.156 e. The summed E-state index contributed by atoms with van der Waals surface area (Å²) in [5.74, 6) is 0. The molecule has 0 heterocycles. The Kier molecular flexibility index (Phi) is 4.47. The zero-order valence-electron chi connectivity index (χ0n) is 8.44. The summed E-state index contributed by atoms with van der Waals surface area (Å²) in [6.07, 6.45) is 2.83. The molecule has 0 spiro atoms. The second kappa shape index (κ2) is 5.66. The third-order valence-electron chi connectivity index (χ3n) is 1.60. The van der Waals surface area contributed by atoms with Crippen molar-refractivity contribution in [1.29, 1.82) is 0 Å². The summed E-state index contributed by atoms with van der Waals surface area (Å²) < 4.78 is 0. The highest BCUT2D eigenvalue weighted by Gasteiger charge is 2.00. The van der Waals surface area contributed by atoms with Crippen molar-refractivity contribution in [3.63, 3.8) is 0 Å². The number of allylic oxidation sites excluding steroid dienone is 1. The van der Waals surface area contributed by atoms with Gasteiger partial charge in [0.15, 0.2) is 6.29 Å². The van der Waals surface area contributed by atoms with Crippen LogP contribution in [-0.4, -0.2) is 11.5 Å². The van der Waals surface area contributed by atoms with Crippen LogP contribution < -0.4 is 0 Å². The van der Waals surface area contributed by atoms with E-state index in [1.165, 1.54) is 0 Å². The lowest BCUT2D eigenvalue weighted by atomic mass is 10.2. The molecule has 0 fully saturated rings. The van der Waals surface area contributed by atoms with Crippen molar-refractivity contribution >= 4 is 24.1 Å². The van der Waals surface area contributed by atoms with Crippen LogP contribution in [0.2, 0.25) is 0 Å². The first-order valence-electron chi connectivity index (χ1n) is 4.61. The molecule has 0 radical (unpaired) electrons. The van der Waals surface area contributed by atoms with Gasteiger partial charge < -0.3 is 0 Å². The van der Waals surface area contributed by atoms with Crippen LogP contribution in [0.1, 0.15) is 19.4 Å². The Hall–Kier alpha value is -1.02. The van der Waals surface area contributed by atoms with E-state index < -0.39 is 0 Å². The van der Waals surface area contributed by atoms with Crippen LogP contribution in [0.5, 0.6) is 0 Å². The number of carbonyl (C=O) groups excluding carboxylic acids is 1. The average Bonchev–Trinajstić information content (AvgIpc) is 2.17. The molecule has 2 heteroatoms. The largest absolute Gasteiger partial charge is 0.297 e. The van der Waals surface area contributed by atoms with Gasteiger partial charge in [-0.2, -0.15) is 0 Å². The van der Waals surface area contributed by atoms with Crippen LogP contribution >= 0.6 is 11.8 Å². The molecule has 74 valence electrons. The summed E-state index contributed by atoms with van der Waals surface area (Å²) in [6.45, 7) is 4.15. The Bertz CT molecular complexity index is 314. The van der Waals surface area contributed by atoms with E-state index in [9.17, 15) is 4.79 Å². The number of hydrogen-bond acceptors (Lipinski definition) is 2. The molecule has 1 rings (SSSR count). The zero-order valence-corrected chi connectivity index (χ0v) is 9.25. The minimum atomic E-state index is 0.440. The summed E-state index contributed by atoms with van der Waals surface area (Å²) in [4.78, 5) is 11.5. The maximum atomic E-state index is 10.8. The van der Waals surface area contributed by atoms with Gasteiger partial charge in [0.05, 0.1) is 0 Å². The van der Waals surface area contributed by atoms with Gasteiger partial charge in [0.25, 0.3) is 0 Å². The fourth-order valence-electron chi connectivity index (χ4n) is 1.08. The molecule has 0 N–H and O–H groups in total. The zero-order chi connectivity index (χ0) is 10.4. The standard InChI is InChI=1S/C12H14OS/c1-10(2)14-12(9-13)8-11-6-4-3-5-7-11/h3-10H,1-2H3/b12-8-. The van der Waals surface area contributed by atoms with Crippen molar-refractivity contribution in [2.24, 2.45) is 0 Å². The first-order chi connectivity index (χ1) is 6.72. The molecule has 0 aliphatic heterocycles. The Morgan fingerprint density at radius 2 is 1.93 bits per heavy atom. The number of carbonyl (C=O) groups is 1. The van der Waals surface area contributed by atoms with Gasteiger partial charge >= 0.3 is 0 Å². The number of hydrogen-bond donors (Lipinski definition) is 0. The van der Waals surface area contributed by atoms with E-state index in [4.69, 9.17) is 0 Å². The summed E-state index contributed by atoms with van der Waals surface area (Å²) in [5, 5.41) is 0.440. The summed E-state index contributed by atoms with van der Waals surface area (Å²) in [7, 11) is 0. The first kappa shape index (κ1) is 11.1. The number of benzene rings is 1. The molecule has 0 saturated heterocycles. The number of aldehydes is 1. The van der Waals surface area contributed by atoms with Crippen molar-refractivity contribution in [2.75, 3.05) is 0 Å². The van der Waals surface area contributed by atoms with E-state index in [2.05, 4.69) is 13.8 Å². The molecular weight excluding hydrogens is 192 g/mol. The quantitative estimate of drug-likeness (QED) is 0.555. The number of thioether (sulfide) groups is 1. The van der Waals surface area contributed by atoms with Crippen LogP contribution in [0.3, 0.4) is 0 Å². The fraction of sp³-hybridized carbons (Fsp3) is 0.250. The topological polar surface area (TPSA) is 17.1 Å². The molecule has 1 aromatic carbocycles. The Morgan fingerprint density at radius 1 is 1.29 bits per heavy atom. The van der Waals surface area contributed by atoms with Crippen LogP contribution in [0.4, 0.5) is 0 Å². The third-order valence-corrected chi connectivity index (χ3v) is 2.55. The van der Waals surface area contributed by atoms with Gasteiger partial charge in [0.1, 0.15) is 0 Å². The van der Waals surface area contributed by atoms with E-state index in [0.29, 0.717) is 5.25 Å². The van der Waals surface area contributed by atoms with E-state index >= 15 is 0 Å². The van der Waals surface area contributed by atoms with E-state index in [1.54, 1.807) is 11.8 Å². The molecule has 0 unspecified atom stereocenters.